The minimum atomic E-state index is -3.59. The third-order valence-electron chi connectivity index (χ3n) is 3.66. The van der Waals surface area contributed by atoms with Crippen LogP contribution in [0.15, 0.2) is 40.8 Å². The van der Waals surface area contributed by atoms with Crippen molar-refractivity contribution >= 4 is 32.4 Å². The summed E-state index contributed by atoms with van der Waals surface area (Å²) < 4.78 is 25.0. The van der Waals surface area contributed by atoms with E-state index in [1.54, 1.807) is 0 Å². The summed E-state index contributed by atoms with van der Waals surface area (Å²) >= 11 is 1.18. The van der Waals surface area contributed by atoms with Gasteiger partial charge in [0.25, 0.3) is 5.69 Å². The Kier molecular flexibility index (Phi) is 5.59. The summed E-state index contributed by atoms with van der Waals surface area (Å²) in [6.45, 7) is 1.88. The molecular weight excluding hydrogens is 338 g/mol. The van der Waals surface area contributed by atoms with Crippen molar-refractivity contribution in [3.05, 3.63) is 46.0 Å². The number of rotatable bonds is 6. The van der Waals surface area contributed by atoms with Crippen molar-refractivity contribution in [3.63, 3.8) is 0 Å². The molecule has 1 aromatic rings. The molecule has 0 radical (unpaired) electrons. The van der Waals surface area contributed by atoms with Gasteiger partial charge >= 0.3 is 0 Å². The smallest absolute Gasteiger partial charge is 0.269 e. The molecule has 23 heavy (non-hydrogen) atoms. The molecule has 0 fully saturated rings. The Balaban J connectivity index is 2.16. The highest BCUT2D eigenvalue weighted by Gasteiger charge is 2.30. The Morgan fingerprint density at radius 1 is 1.35 bits per heavy atom. The van der Waals surface area contributed by atoms with E-state index in [-0.39, 0.29) is 27.4 Å². The van der Waals surface area contributed by atoms with Crippen molar-refractivity contribution in [1.82, 2.24) is 0 Å². The van der Waals surface area contributed by atoms with Crippen LogP contribution in [-0.4, -0.2) is 30.0 Å². The number of nitro groups is 1. The van der Waals surface area contributed by atoms with Crippen LogP contribution in [0.4, 0.5) is 5.69 Å². The molecule has 0 bridgehead atoms. The second kappa shape index (κ2) is 7.27. The van der Waals surface area contributed by atoms with E-state index < -0.39 is 14.8 Å². The molecule has 124 valence electrons. The van der Waals surface area contributed by atoms with Crippen molar-refractivity contribution in [2.45, 2.75) is 24.7 Å². The van der Waals surface area contributed by atoms with Gasteiger partial charge in [0.2, 0.25) is 5.12 Å². The summed E-state index contributed by atoms with van der Waals surface area (Å²) in [4.78, 5) is 22.1. The number of non-ortho nitro benzene ring substituents is 1. The summed E-state index contributed by atoms with van der Waals surface area (Å²) in [6.07, 6.45) is 3.16. The van der Waals surface area contributed by atoms with Crippen LogP contribution in [-0.2, 0) is 14.6 Å². The van der Waals surface area contributed by atoms with Crippen molar-refractivity contribution in [2.75, 3.05) is 11.5 Å². The summed E-state index contributed by atoms with van der Waals surface area (Å²) in [7, 11) is -3.59. The van der Waals surface area contributed by atoms with Gasteiger partial charge < -0.3 is 0 Å². The van der Waals surface area contributed by atoms with Crippen LogP contribution in [0.2, 0.25) is 0 Å². The highest BCUT2D eigenvalue weighted by atomic mass is 32.2. The number of thioether (sulfide) groups is 1. The Hall–Kier alpha value is -1.67. The Labute approximate surface area is 139 Å². The molecule has 0 aliphatic heterocycles. The van der Waals surface area contributed by atoms with Crippen LogP contribution in [0.5, 0.6) is 0 Å². The van der Waals surface area contributed by atoms with Crippen molar-refractivity contribution in [1.29, 1.82) is 0 Å². The third-order valence-corrected chi connectivity index (χ3v) is 6.28. The Morgan fingerprint density at radius 2 is 2.00 bits per heavy atom. The van der Waals surface area contributed by atoms with E-state index in [1.165, 1.54) is 36.0 Å². The number of carbonyl (C=O) groups is 1. The fourth-order valence-electron chi connectivity index (χ4n) is 2.54. The van der Waals surface area contributed by atoms with Gasteiger partial charge in [0.1, 0.15) is 0 Å². The first-order valence-electron chi connectivity index (χ1n) is 7.19. The van der Waals surface area contributed by atoms with E-state index in [2.05, 4.69) is 0 Å². The molecular formula is C15H17NO5S2. The summed E-state index contributed by atoms with van der Waals surface area (Å²) in [5.74, 6) is 0.201. The van der Waals surface area contributed by atoms with Gasteiger partial charge in [0, 0.05) is 23.6 Å². The molecule has 1 aliphatic rings. The monoisotopic (exact) mass is 355 g/mol. The normalized spacial score (nSPS) is 17.8. The first kappa shape index (κ1) is 17.7. The summed E-state index contributed by atoms with van der Waals surface area (Å²) in [5.41, 5.74) is 0.433. The first-order chi connectivity index (χ1) is 10.8. The maximum absolute atomic E-state index is 12.5. The van der Waals surface area contributed by atoms with E-state index in [1.807, 2.05) is 13.0 Å². The predicted molar refractivity (Wildman–Crippen MR) is 89.1 cm³/mol. The molecule has 0 heterocycles. The predicted octanol–water partition coefficient (Wildman–Crippen LogP) is 2.98. The second-order valence-electron chi connectivity index (χ2n) is 5.19. The molecule has 0 amide bonds. The van der Waals surface area contributed by atoms with E-state index in [0.29, 0.717) is 24.2 Å². The molecule has 2 rings (SSSR count). The van der Waals surface area contributed by atoms with E-state index in [9.17, 15) is 23.3 Å². The van der Waals surface area contributed by atoms with Gasteiger partial charge in [-0.05, 0) is 30.7 Å². The SMILES string of the molecule is CCSC(=O)C1=CCCC1CS(=O)(=O)c1ccc([N+](=O)[O-])cc1. The van der Waals surface area contributed by atoms with Crippen molar-refractivity contribution in [3.8, 4) is 0 Å². The van der Waals surface area contributed by atoms with Gasteiger partial charge in [-0.1, -0.05) is 24.8 Å². The Bertz CT molecular complexity index is 738. The first-order valence-corrected chi connectivity index (χ1v) is 9.83. The molecule has 0 spiro atoms. The molecule has 6 nitrogen and oxygen atoms in total. The van der Waals surface area contributed by atoms with E-state index in [0.717, 1.165) is 0 Å². The number of nitro benzene ring substituents is 1. The van der Waals surface area contributed by atoms with Crippen molar-refractivity contribution < 1.29 is 18.1 Å². The maximum atomic E-state index is 12.5. The lowest BCUT2D eigenvalue weighted by Crippen LogP contribution is -2.19. The average Bonchev–Trinajstić information content (AvgIpc) is 2.95. The summed E-state index contributed by atoms with van der Waals surface area (Å²) in [5, 5.41) is 10.6. The zero-order valence-electron chi connectivity index (χ0n) is 12.6. The lowest BCUT2D eigenvalue weighted by atomic mass is 10.1. The second-order valence-corrected chi connectivity index (χ2v) is 8.46. The number of sulfone groups is 1. The van der Waals surface area contributed by atoms with Gasteiger partial charge in [-0.3, -0.25) is 14.9 Å². The fourth-order valence-corrected chi connectivity index (χ4v) is 4.83. The van der Waals surface area contributed by atoms with Gasteiger partial charge in [-0.15, -0.1) is 0 Å². The summed E-state index contributed by atoms with van der Waals surface area (Å²) in [6, 6.07) is 4.84. The zero-order chi connectivity index (χ0) is 17.0. The van der Waals surface area contributed by atoms with Gasteiger partial charge in [-0.25, -0.2) is 8.42 Å². The number of carbonyl (C=O) groups excluding carboxylic acids is 1. The molecule has 1 aliphatic carbocycles. The molecule has 8 heteroatoms. The highest BCUT2D eigenvalue weighted by molar-refractivity contribution is 8.14. The van der Waals surface area contributed by atoms with E-state index >= 15 is 0 Å². The number of hydrogen-bond donors (Lipinski definition) is 0. The molecule has 0 N–H and O–H groups in total. The van der Waals surface area contributed by atoms with Crippen LogP contribution in [0.3, 0.4) is 0 Å². The zero-order valence-corrected chi connectivity index (χ0v) is 14.2. The molecule has 0 saturated heterocycles. The fraction of sp³-hybridized carbons (Fsp3) is 0.400. The van der Waals surface area contributed by atoms with Gasteiger partial charge in [-0.2, -0.15) is 0 Å². The van der Waals surface area contributed by atoms with E-state index in [4.69, 9.17) is 0 Å². The third kappa shape index (κ3) is 4.20. The minimum absolute atomic E-state index is 0.0462. The van der Waals surface area contributed by atoms with Gasteiger partial charge in [0.05, 0.1) is 15.6 Å². The molecule has 1 unspecified atom stereocenters. The number of benzene rings is 1. The van der Waals surface area contributed by atoms with Crippen molar-refractivity contribution in [2.24, 2.45) is 5.92 Å². The largest absolute Gasteiger partial charge is 0.282 e. The van der Waals surface area contributed by atoms with Crippen LogP contribution in [0.1, 0.15) is 19.8 Å². The topological polar surface area (TPSA) is 94.3 Å². The lowest BCUT2D eigenvalue weighted by molar-refractivity contribution is -0.384. The Morgan fingerprint density at radius 3 is 2.57 bits per heavy atom. The quantitative estimate of drug-likeness (QED) is 0.575. The van der Waals surface area contributed by atoms with Crippen LogP contribution in [0.25, 0.3) is 0 Å². The van der Waals surface area contributed by atoms with Gasteiger partial charge in [0.15, 0.2) is 9.84 Å². The van der Waals surface area contributed by atoms with Crippen LogP contribution < -0.4 is 0 Å². The molecule has 0 aromatic heterocycles. The molecule has 0 saturated carbocycles. The molecule has 1 atom stereocenters. The molecule has 1 aromatic carbocycles. The minimum Gasteiger partial charge on any atom is -0.282 e. The average molecular weight is 355 g/mol. The highest BCUT2D eigenvalue weighted by Crippen LogP contribution is 2.32. The van der Waals surface area contributed by atoms with Crippen LogP contribution >= 0.6 is 11.8 Å². The lowest BCUT2D eigenvalue weighted by Gasteiger charge is -2.14. The number of allylic oxidation sites excluding steroid dienone is 1. The van der Waals surface area contributed by atoms with Crippen LogP contribution in [0, 0.1) is 16.0 Å². The maximum Gasteiger partial charge on any atom is 0.269 e. The number of hydrogen-bond acceptors (Lipinski definition) is 6. The number of nitrogens with zero attached hydrogens (tertiary/aromatic N) is 1. The standard InChI is InChI=1S/C15H17NO5S2/c1-2-22-15(17)14-5-3-4-11(14)10-23(20,21)13-8-6-12(7-9-13)16(18)19/h5-9,11H,2-4,10H2,1H3.